The van der Waals surface area contributed by atoms with Gasteiger partial charge in [-0.3, -0.25) is 14.2 Å². The molecular formula is C45H53F2N19O3. The SMILES string of the molecule is CC(C)(C)n1cc(C(=O)O)nn1.Cc1cc(-c2ncnc(Nc3cnn(C)c3)n2)c(F)cc1CCC(=O)c1cn(C(C)(C)C)nn1.Cc1cc(-c2ncnc(Nc3cnn(C)c3)n2)c(F)cc1CN. The number of halogens is 2. The number of nitrogens with one attached hydrogen (secondary N) is 2. The molecule has 5 N–H and O–H groups in total. The maximum atomic E-state index is 15.0. The Labute approximate surface area is 395 Å². The molecule has 0 amide bonds. The van der Waals surface area contributed by atoms with Crippen LogP contribution in [0.2, 0.25) is 0 Å². The molecule has 0 bridgehead atoms. The lowest BCUT2D eigenvalue weighted by atomic mass is 9.98. The molecule has 0 spiro atoms. The van der Waals surface area contributed by atoms with Crippen molar-refractivity contribution in [3.05, 3.63) is 119 Å². The van der Waals surface area contributed by atoms with Gasteiger partial charge in [0.1, 0.15) is 30.0 Å². The molecule has 0 aliphatic carbocycles. The van der Waals surface area contributed by atoms with Gasteiger partial charge in [-0.15, -0.1) is 10.2 Å². The number of carboxylic acids is 1. The predicted octanol–water partition coefficient (Wildman–Crippen LogP) is 6.28. The van der Waals surface area contributed by atoms with Gasteiger partial charge in [0.05, 0.1) is 58.4 Å². The molecule has 6 aromatic heterocycles. The van der Waals surface area contributed by atoms with E-state index >= 15 is 4.39 Å². The number of carboxylic acid groups (broad SMARTS) is 1. The molecule has 360 valence electrons. The molecule has 0 fully saturated rings. The number of hydrogen-bond acceptors (Lipinski definition) is 17. The summed E-state index contributed by atoms with van der Waals surface area (Å²) >= 11 is 0. The summed E-state index contributed by atoms with van der Waals surface area (Å²) in [5, 5.41) is 37.9. The molecule has 24 heteroatoms. The summed E-state index contributed by atoms with van der Waals surface area (Å²) in [5.74, 6) is -0.983. The van der Waals surface area contributed by atoms with Crippen LogP contribution < -0.4 is 16.4 Å². The molecule has 69 heavy (non-hydrogen) atoms. The van der Waals surface area contributed by atoms with Crippen LogP contribution in [0.5, 0.6) is 0 Å². The van der Waals surface area contributed by atoms with Crippen LogP contribution in [-0.2, 0) is 38.1 Å². The summed E-state index contributed by atoms with van der Waals surface area (Å²) in [6.07, 6.45) is 13.2. The van der Waals surface area contributed by atoms with E-state index < -0.39 is 17.6 Å². The molecule has 8 aromatic rings. The van der Waals surface area contributed by atoms with Gasteiger partial charge in [-0.05, 0) is 108 Å². The van der Waals surface area contributed by atoms with Gasteiger partial charge in [-0.1, -0.05) is 10.4 Å². The van der Waals surface area contributed by atoms with E-state index in [1.54, 1.807) is 71.3 Å². The van der Waals surface area contributed by atoms with Crippen molar-refractivity contribution in [2.75, 3.05) is 10.6 Å². The highest BCUT2D eigenvalue weighted by molar-refractivity contribution is 5.94. The normalized spacial score (nSPS) is 11.3. The Morgan fingerprint density at radius 1 is 0.667 bits per heavy atom. The Bertz CT molecular complexity index is 3070. The van der Waals surface area contributed by atoms with Crippen molar-refractivity contribution in [2.45, 2.75) is 85.9 Å². The average Bonchev–Trinajstić information content (AvgIpc) is 4.14. The topological polar surface area (TPSA) is 279 Å². The van der Waals surface area contributed by atoms with E-state index in [4.69, 9.17) is 10.8 Å². The van der Waals surface area contributed by atoms with E-state index in [0.717, 1.165) is 27.9 Å². The van der Waals surface area contributed by atoms with E-state index in [2.05, 4.69) is 71.4 Å². The quantitative estimate of drug-likeness (QED) is 0.0981. The van der Waals surface area contributed by atoms with Crippen molar-refractivity contribution >= 4 is 35.0 Å². The van der Waals surface area contributed by atoms with Crippen LogP contribution in [0.1, 0.15) is 91.2 Å². The molecule has 22 nitrogen and oxygen atoms in total. The van der Waals surface area contributed by atoms with Crippen molar-refractivity contribution < 1.29 is 23.5 Å². The van der Waals surface area contributed by atoms with Gasteiger partial charge in [-0.2, -0.15) is 20.2 Å². The first-order valence-electron chi connectivity index (χ1n) is 21.4. The van der Waals surface area contributed by atoms with Gasteiger partial charge >= 0.3 is 5.97 Å². The highest BCUT2D eigenvalue weighted by Gasteiger charge is 2.21. The van der Waals surface area contributed by atoms with Crippen molar-refractivity contribution in [1.82, 2.24) is 79.5 Å². The second-order valence-electron chi connectivity index (χ2n) is 17.7. The number of nitrogens with zero attached hydrogens (tertiary/aromatic N) is 16. The van der Waals surface area contributed by atoms with Crippen LogP contribution in [0.3, 0.4) is 0 Å². The zero-order chi connectivity index (χ0) is 50.2. The van der Waals surface area contributed by atoms with Gasteiger partial charge in [0.25, 0.3) is 0 Å². The second-order valence-corrected chi connectivity index (χ2v) is 17.7. The summed E-state index contributed by atoms with van der Waals surface area (Å²) in [7, 11) is 3.60. The minimum Gasteiger partial charge on any atom is -0.476 e. The minimum absolute atomic E-state index is 0.0232. The number of rotatable bonds is 12. The second kappa shape index (κ2) is 21.1. The van der Waals surface area contributed by atoms with Crippen LogP contribution in [0.15, 0.2) is 74.1 Å². The molecule has 2 aromatic carbocycles. The Morgan fingerprint density at radius 3 is 1.52 bits per heavy atom. The summed E-state index contributed by atoms with van der Waals surface area (Å²) < 4.78 is 35.8. The van der Waals surface area contributed by atoms with Crippen molar-refractivity contribution in [1.29, 1.82) is 0 Å². The lowest BCUT2D eigenvalue weighted by Crippen LogP contribution is -2.22. The van der Waals surface area contributed by atoms with E-state index in [1.165, 1.54) is 35.7 Å². The monoisotopic (exact) mass is 945 g/mol. The number of carbonyl (C=O) groups excluding carboxylic acids is 1. The molecule has 0 atom stereocenters. The largest absolute Gasteiger partial charge is 0.476 e. The third-order valence-corrected chi connectivity index (χ3v) is 10.1. The minimum atomic E-state index is -1.05. The smallest absolute Gasteiger partial charge is 0.358 e. The number of nitrogens with two attached hydrogens (primary N) is 1. The number of aromatic carboxylic acids is 1. The zero-order valence-electron chi connectivity index (χ0n) is 39.8. The lowest BCUT2D eigenvalue weighted by Gasteiger charge is -2.17. The third kappa shape index (κ3) is 13.2. The third-order valence-electron chi connectivity index (χ3n) is 10.1. The summed E-state index contributed by atoms with van der Waals surface area (Å²) in [6.45, 7) is 15.7. The predicted molar refractivity (Wildman–Crippen MR) is 250 cm³/mol. The van der Waals surface area contributed by atoms with Crippen LogP contribution in [0.25, 0.3) is 22.8 Å². The summed E-state index contributed by atoms with van der Waals surface area (Å²) in [4.78, 5) is 47.9. The maximum absolute atomic E-state index is 15.0. The first kappa shape index (κ1) is 50.1. The number of hydrogen-bond donors (Lipinski definition) is 4. The van der Waals surface area contributed by atoms with Gasteiger partial charge in [0.15, 0.2) is 23.1 Å². The fourth-order valence-corrected chi connectivity index (χ4v) is 6.26. The summed E-state index contributed by atoms with van der Waals surface area (Å²) in [5.41, 5.74) is 10.6. The molecule has 0 unspecified atom stereocenters. The van der Waals surface area contributed by atoms with Crippen molar-refractivity contribution in [3.63, 3.8) is 0 Å². The van der Waals surface area contributed by atoms with E-state index in [-0.39, 0.29) is 58.7 Å². The van der Waals surface area contributed by atoms with Crippen LogP contribution in [0.4, 0.5) is 32.1 Å². The fraction of sp³-hybridized carbons (Fsp3) is 0.333. The van der Waals surface area contributed by atoms with Gasteiger partial charge < -0.3 is 21.5 Å². The highest BCUT2D eigenvalue weighted by Crippen LogP contribution is 2.27. The molecule has 0 saturated carbocycles. The maximum Gasteiger partial charge on any atom is 0.358 e. The standard InChI is InChI=1S/C23H26FN9O.C15H16FN7.C7H11N3O2/c1-14-8-17(21-25-13-26-22(29-21)28-16-10-27-32(5)11-16)18(24)9-15(14)6-7-20(34)19-12-33(31-30-19)23(2,3)4;1-9-3-12(13(16)4-10(9)5-17)14-18-8-19-15(22-14)21-11-6-20-23(2)7-11;1-7(2,3)10-4-5(6(11)12)8-9-10/h8-13H,6-7H2,1-5H3,(H,25,26,28,29);3-4,6-8H,5,17H2,1-2H3,(H,18,19,21,22);4H,1-3H3,(H,11,12). The Morgan fingerprint density at radius 2 is 1.12 bits per heavy atom. The number of benzene rings is 2. The first-order chi connectivity index (χ1) is 32.6. The number of carbonyl (C=O) groups is 2. The summed E-state index contributed by atoms with van der Waals surface area (Å²) in [6, 6.07) is 6.24. The molecule has 0 saturated heterocycles. The van der Waals surface area contributed by atoms with Crippen molar-refractivity contribution in [3.8, 4) is 22.8 Å². The van der Waals surface area contributed by atoms with Crippen molar-refractivity contribution in [2.24, 2.45) is 19.8 Å². The molecule has 8 rings (SSSR count). The van der Waals surface area contributed by atoms with E-state index in [0.29, 0.717) is 29.3 Å². The number of Topliss-reactive ketones (excluding diaryl/α,β-unsaturated/α-hetero) is 1. The first-order valence-corrected chi connectivity index (χ1v) is 21.4. The average molecular weight is 946 g/mol. The molecule has 0 aliphatic rings. The molecule has 6 heterocycles. The Kier molecular flexibility index (Phi) is 15.4. The fourth-order valence-electron chi connectivity index (χ4n) is 6.26. The van der Waals surface area contributed by atoms with Gasteiger partial charge in [0.2, 0.25) is 11.9 Å². The Hall–Kier alpha value is -8.28. The van der Waals surface area contributed by atoms with Gasteiger partial charge in [-0.25, -0.2) is 42.9 Å². The van der Waals surface area contributed by atoms with Crippen LogP contribution in [0, 0.1) is 25.5 Å². The molecule has 0 aliphatic heterocycles. The number of anilines is 4. The molecule has 0 radical (unpaired) electrons. The number of aryl methyl sites for hydroxylation is 5. The number of aromatic nitrogens is 16. The van der Waals surface area contributed by atoms with Gasteiger partial charge in [0, 0.05) is 39.5 Å². The zero-order valence-corrected chi connectivity index (χ0v) is 39.8. The van der Waals surface area contributed by atoms with Crippen LogP contribution >= 0.6 is 0 Å². The highest BCUT2D eigenvalue weighted by atomic mass is 19.1. The van der Waals surface area contributed by atoms with E-state index in [1.807, 2.05) is 55.4 Å². The Balaban J connectivity index is 0.000000191. The lowest BCUT2D eigenvalue weighted by molar-refractivity contribution is 0.0690. The number of ketones is 1. The van der Waals surface area contributed by atoms with E-state index in [9.17, 15) is 14.0 Å². The molecular weight excluding hydrogens is 893 g/mol. The van der Waals surface area contributed by atoms with Crippen LogP contribution in [-0.4, -0.2) is 96.3 Å².